The van der Waals surface area contributed by atoms with Crippen LogP contribution in [0.3, 0.4) is 0 Å². The molecule has 1 saturated heterocycles. The van der Waals surface area contributed by atoms with Crippen LogP contribution in [0.25, 0.3) is 0 Å². The van der Waals surface area contributed by atoms with E-state index in [1.165, 1.54) is 43.4 Å². The van der Waals surface area contributed by atoms with E-state index in [0.29, 0.717) is 18.7 Å². The third-order valence-electron chi connectivity index (χ3n) is 9.37. The van der Waals surface area contributed by atoms with Crippen LogP contribution in [0.1, 0.15) is 72.9 Å². The minimum atomic E-state index is -0.112. The first-order chi connectivity index (χ1) is 17.5. The predicted octanol–water partition coefficient (Wildman–Crippen LogP) is 5.39. The van der Waals surface area contributed by atoms with Gasteiger partial charge in [-0.15, -0.1) is 0 Å². The van der Waals surface area contributed by atoms with Gasteiger partial charge in [0.25, 0.3) is 5.91 Å². The third kappa shape index (κ3) is 4.53. The molecule has 2 aromatic carbocycles. The Kier molecular flexibility index (Phi) is 6.27. The first kappa shape index (κ1) is 23.6. The molecule has 190 valence electrons. The molecular formula is C31H39N3O2. The van der Waals surface area contributed by atoms with Crippen molar-refractivity contribution < 1.29 is 9.59 Å². The van der Waals surface area contributed by atoms with Crippen LogP contribution in [0.5, 0.6) is 0 Å². The average Bonchev–Trinajstić information content (AvgIpc) is 3.41. The van der Waals surface area contributed by atoms with E-state index in [4.69, 9.17) is 0 Å². The number of anilines is 1. The van der Waals surface area contributed by atoms with Crippen molar-refractivity contribution in [1.29, 1.82) is 0 Å². The van der Waals surface area contributed by atoms with E-state index < -0.39 is 0 Å². The molecule has 5 aliphatic rings. The van der Waals surface area contributed by atoms with Crippen molar-refractivity contribution in [2.45, 2.75) is 64.5 Å². The highest BCUT2D eigenvalue weighted by atomic mass is 16.2. The summed E-state index contributed by atoms with van der Waals surface area (Å²) in [5.41, 5.74) is 4.07. The minimum Gasteiger partial charge on any atom is -0.371 e. The van der Waals surface area contributed by atoms with Crippen LogP contribution in [0.2, 0.25) is 0 Å². The van der Waals surface area contributed by atoms with Crippen molar-refractivity contribution in [3.05, 3.63) is 65.2 Å². The lowest BCUT2D eigenvalue weighted by Crippen LogP contribution is -2.53. The van der Waals surface area contributed by atoms with Gasteiger partial charge in [0, 0.05) is 49.9 Å². The van der Waals surface area contributed by atoms with Gasteiger partial charge in [0.1, 0.15) is 0 Å². The van der Waals surface area contributed by atoms with Gasteiger partial charge in [0.2, 0.25) is 5.91 Å². The van der Waals surface area contributed by atoms with Crippen molar-refractivity contribution >= 4 is 17.5 Å². The van der Waals surface area contributed by atoms with Crippen LogP contribution < -0.4 is 10.2 Å². The first-order valence-corrected chi connectivity index (χ1v) is 13.9. The standard InChI is InChI=1S/C31H39N3O2/c1-33(21-27-6-2-3-7-28(27)34-12-4-5-13-34)29(35)26-10-8-22(9-11-26)20-32-30(36)31-17-23-14-24(18-31)16-25(15-23)19-31/h2-3,6-11,23-25H,4-5,12-21H2,1H3,(H,32,36). The monoisotopic (exact) mass is 485 g/mol. The molecular weight excluding hydrogens is 446 g/mol. The van der Waals surface area contributed by atoms with Crippen LogP contribution >= 0.6 is 0 Å². The maximum absolute atomic E-state index is 13.3. The lowest BCUT2D eigenvalue weighted by molar-refractivity contribution is -0.146. The first-order valence-electron chi connectivity index (χ1n) is 13.9. The molecule has 5 nitrogen and oxygen atoms in total. The van der Waals surface area contributed by atoms with Crippen LogP contribution in [0.4, 0.5) is 5.69 Å². The molecule has 0 atom stereocenters. The summed E-state index contributed by atoms with van der Waals surface area (Å²) in [5.74, 6) is 2.60. The molecule has 5 heteroatoms. The number of hydrogen-bond acceptors (Lipinski definition) is 3. The molecule has 1 N–H and O–H groups in total. The van der Waals surface area contributed by atoms with Crippen molar-refractivity contribution in [2.75, 3.05) is 25.0 Å². The Morgan fingerprint density at radius 1 is 0.917 bits per heavy atom. The summed E-state index contributed by atoms with van der Waals surface area (Å²) in [7, 11) is 1.88. The van der Waals surface area contributed by atoms with Crippen molar-refractivity contribution in [2.24, 2.45) is 23.2 Å². The Morgan fingerprint density at radius 3 is 2.17 bits per heavy atom. The van der Waals surface area contributed by atoms with E-state index >= 15 is 0 Å². The largest absolute Gasteiger partial charge is 0.371 e. The summed E-state index contributed by atoms with van der Waals surface area (Å²) in [6.07, 6.45) is 9.78. The highest BCUT2D eigenvalue weighted by Gasteiger charge is 2.54. The summed E-state index contributed by atoms with van der Waals surface area (Å²) >= 11 is 0. The van der Waals surface area contributed by atoms with E-state index in [1.807, 2.05) is 31.3 Å². The van der Waals surface area contributed by atoms with Gasteiger partial charge in [-0.25, -0.2) is 0 Å². The second kappa shape index (κ2) is 9.57. The molecule has 0 spiro atoms. The quantitative estimate of drug-likeness (QED) is 0.572. The Bertz CT molecular complexity index is 1080. The van der Waals surface area contributed by atoms with Crippen LogP contribution in [-0.4, -0.2) is 36.9 Å². The number of para-hydroxylation sites is 1. The van der Waals surface area contributed by atoms with E-state index in [-0.39, 0.29) is 17.2 Å². The summed E-state index contributed by atoms with van der Waals surface area (Å²) in [5, 5.41) is 3.25. The average molecular weight is 486 g/mol. The second-order valence-electron chi connectivity index (χ2n) is 12.1. The fourth-order valence-corrected chi connectivity index (χ4v) is 7.98. The van der Waals surface area contributed by atoms with E-state index in [1.54, 1.807) is 4.90 Å². The smallest absolute Gasteiger partial charge is 0.253 e. The number of benzene rings is 2. The van der Waals surface area contributed by atoms with Gasteiger partial charge in [-0.1, -0.05) is 30.3 Å². The van der Waals surface area contributed by atoms with Gasteiger partial charge in [0.05, 0.1) is 0 Å². The van der Waals surface area contributed by atoms with E-state index in [2.05, 4.69) is 34.5 Å². The zero-order valence-electron chi connectivity index (χ0n) is 21.5. The molecule has 1 heterocycles. The highest BCUT2D eigenvalue weighted by molar-refractivity contribution is 5.94. The number of carbonyl (C=O) groups excluding carboxylic acids is 2. The fraction of sp³-hybridized carbons (Fsp3) is 0.548. The summed E-state index contributed by atoms with van der Waals surface area (Å²) in [6.45, 7) is 3.31. The molecule has 0 unspecified atom stereocenters. The third-order valence-corrected chi connectivity index (χ3v) is 9.37. The Labute approximate surface area is 215 Å². The molecule has 36 heavy (non-hydrogen) atoms. The molecule has 2 aromatic rings. The highest BCUT2D eigenvalue weighted by Crippen LogP contribution is 2.60. The van der Waals surface area contributed by atoms with Gasteiger partial charge in [-0.3, -0.25) is 9.59 Å². The lowest BCUT2D eigenvalue weighted by atomic mass is 9.49. The molecule has 4 aliphatic carbocycles. The molecule has 1 aliphatic heterocycles. The van der Waals surface area contributed by atoms with Gasteiger partial charge < -0.3 is 15.1 Å². The van der Waals surface area contributed by atoms with Crippen molar-refractivity contribution in [1.82, 2.24) is 10.2 Å². The van der Waals surface area contributed by atoms with Gasteiger partial charge in [-0.2, -0.15) is 0 Å². The SMILES string of the molecule is CN(Cc1ccccc1N1CCCC1)C(=O)c1ccc(CNC(=O)C23CC4CC(CC(C4)C2)C3)cc1. The zero-order chi connectivity index (χ0) is 24.7. The van der Waals surface area contributed by atoms with Gasteiger partial charge in [0.15, 0.2) is 0 Å². The predicted molar refractivity (Wildman–Crippen MR) is 143 cm³/mol. The summed E-state index contributed by atoms with van der Waals surface area (Å²) in [4.78, 5) is 30.7. The van der Waals surface area contributed by atoms with Crippen LogP contribution in [-0.2, 0) is 17.9 Å². The van der Waals surface area contributed by atoms with E-state index in [9.17, 15) is 9.59 Å². The fourth-order valence-electron chi connectivity index (χ4n) is 7.98. The molecule has 4 bridgehead atoms. The number of amides is 2. The molecule has 0 radical (unpaired) electrons. The topological polar surface area (TPSA) is 52.6 Å². The second-order valence-corrected chi connectivity index (χ2v) is 12.1. The Balaban J connectivity index is 1.06. The van der Waals surface area contributed by atoms with Gasteiger partial charge >= 0.3 is 0 Å². The Hall–Kier alpha value is -2.82. The van der Waals surface area contributed by atoms with Gasteiger partial charge in [-0.05, 0) is 98.4 Å². The minimum absolute atomic E-state index is 0.0235. The lowest BCUT2D eigenvalue weighted by Gasteiger charge is -2.55. The van der Waals surface area contributed by atoms with E-state index in [0.717, 1.165) is 55.7 Å². The summed E-state index contributed by atoms with van der Waals surface area (Å²) < 4.78 is 0. The maximum Gasteiger partial charge on any atom is 0.253 e. The number of hydrogen-bond donors (Lipinski definition) is 1. The number of nitrogens with zero attached hydrogens (tertiary/aromatic N) is 2. The maximum atomic E-state index is 13.3. The van der Waals surface area contributed by atoms with Crippen LogP contribution in [0.15, 0.2) is 48.5 Å². The zero-order valence-corrected chi connectivity index (χ0v) is 21.5. The number of carbonyl (C=O) groups is 2. The molecule has 4 saturated carbocycles. The van der Waals surface area contributed by atoms with Crippen molar-refractivity contribution in [3.8, 4) is 0 Å². The normalized spacial score (nSPS) is 28.4. The Morgan fingerprint density at radius 2 is 1.53 bits per heavy atom. The number of nitrogens with one attached hydrogen (secondary N) is 1. The molecule has 5 fully saturated rings. The molecule has 0 aromatic heterocycles. The molecule has 2 amide bonds. The summed E-state index contributed by atoms with van der Waals surface area (Å²) in [6, 6.07) is 16.2. The number of rotatable bonds is 7. The van der Waals surface area contributed by atoms with Crippen molar-refractivity contribution in [3.63, 3.8) is 0 Å². The molecule has 7 rings (SSSR count). The van der Waals surface area contributed by atoms with Crippen LogP contribution in [0, 0.1) is 23.2 Å².